The molecule has 0 bridgehead atoms. The molecule has 5 rings (SSSR count). The Kier molecular flexibility index (Phi) is 8.70. The number of benzene rings is 3. The lowest BCUT2D eigenvalue weighted by molar-refractivity contribution is -0.134. The zero-order chi connectivity index (χ0) is 30.5. The summed E-state index contributed by atoms with van der Waals surface area (Å²) in [7, 11) is 0. The van der Waals surface area contributed by atoms with Crippen LogP contribution in [0.5, 0.6) is 0 Å². The smallest absolute Gasteiger partial charge is 0.405 e. The molecule has 0 aliphatic carbocycles. The van der Waals surface area contributed by atoms with Crippen molar-refractivity contribution in [3.63, 3.8) is 0 Å². The molecule has 1 aliphatic heterocycles. The number of anilines is 3. The van der Waals surface area contributed by atoms with E-state index >= 15 is 0 Å². The minimum atomic E-state index is -1.30. The van der Waals surface area contributed by atoms with E-state index in [1.54, 1.807) is 48.2 Å². The number of aromatic nitrogens is 2. The van der Waals surface area contributed by atoms with E-state index in [9.17, 15) is 23.9 Å². The molecular weight excluding hydrogens is 551 g/mol. The number of nitrogens with one attached hydrogen (secondary N) is 3. The minimum absolute atomic E-state index is 0.114. The van der Waals surface area contributed by atoms with Gasteiger partial charge in [0.1, 0.15) is 29.2 Å². The summed E-state index contributed by atoms with van der Waals surface area (Å²) in [5.41, 5.74) is 4.70. The average molecular weight is 585 g/mol. The number of hydrogen-bond acceptors (Lipinski definition) is 5. The second kappa shape index (κ2) is 12.8. The normalized spacial score (nSPS) is 13.1. The first-order valence-corrected chi connectivity index (χ1v) is 14.1. The van der Waals surface area contributed by atoms with Crippen molar-refractivity contribution in [3.8, 4) is 11.3 Å². The standard InChI is InChI=1S/C32H33FN6O4/c1-3-28(40)34-24-14-6-21(7-15-24)18-26(36-32(42)43)31(41)38-16-17-39-27(19-38)37-29(22-8-10-23(33)11-9-22)30(39)35-25-12-4-20(2)5-13-25/h4-15,26,35-36H,3,16-19H2,1-2H3,(H,34,40)(H,42,43)/t26-/m0/s1. The fourth-order valence-corrected chi connectivity index (χ4v) is 5.01. The van der Waals surface area contributed by atoms with Crippen molar-refractivity contribution in [2.24, 2.45) is 0 Å². The summed E-state index contributed by atoms with van der Waals surface area (Å²) in [6.45, 7) is 4.70. The van der Waals surface area contributed by atoms with Gasteiger partial charge < -0.3 is 30.5 Å². The van der Waals surface area contributed by atoms with E-state index in [-0.39, 0.29) is 30.6 Å². The lowest BCUT2D eigenvalue weighted by Gasteiger charge is -2.31. The summed E-state index contributed by atoms with van der Waals surface area (Å²) in [4.78, 5) is 43.4. The number of carbonyl (C=O) groups is 3. The predicted molar refractivity (Wildman–Crippen MR) is 162 cm³/mol. The number of carboxylic acid groups (broad SMARTS) is 1. The quantitative estimate of drug-likeness (QED) is 0.211. The van der Waals surface area contributed by atoms with Gasteiger partial charge in [-0.25, -0.2) is 14.2 Å². The van der Waals surface area contributed by atoms with Gasteiger partial charge in [0.2, 0.25) is 11.8 Å². The molecule has 0 radical (unpaired) electrons. The fraction of sp³-hybridized carbons (Fsp3) is 0.250. The van der Waals surface area contributed by atoms with Crippen LogP contribution in [-0.2, 0) is 29.1 Å². The molecule has 222 valence electrons. The molecule has 0 spiro atoms. The van der Waals surface area contributed by atoms with Crippen molar-refractivity contribution in [3.05, 3.63) is 95.6 Å². The first-order valence-electron chi connectivity index (χ1n) is 14.1. The number of amides is 3. The lowest BCUT2D eigenvalue weighted by atomic mass is 10.0. The van der Waals surface area contributed by atoms with E-state index < -0.39 is 12.1 Å². The highest BCUT2D eigenvalue weighted by Gasteiger charge is 2.31. The van der Waals surface area contributed by atoms with Gasteiger partial charge in [-0.1, -0.05) is 36.8 Å². The second-order valence-corrected chi connectivity index (χ2v) is 10.4. The third-order valence-electron chi connectivity index (χ3n) is 7.31. The van der Waals surface area contributed by atoms with Crippen LogP contribution in [0.2, 0.25) is 0 Å². The van der Waals surface area contributed by atoms with Gasteiger partial charge in [0.05, 0.1) is 6.54 Å². The van der Waals surface area contributed by atoms with Gasteiger partial charge in [-0.05, 0) is 61.0 Å². The summed E-state index contributed by atoms with van der Waals surface area (Å²) in [5, 5.41) is 18.1. The molecule has 1 aromatic heterocycles. The number of nitrogens with zero attached hydrogens (tertiary/aromatic N) is 3. The molecular formula is C32H33FN6O4. The number of imidazole rings is 1. The molecule has 1 atom stereocenters. The van der Waals surface area contributed by atoms with Gasteiger partial charge in [-0.15, -0.1) is 0 Å². The molecule has 0 unspecified atom stereocenters. The van der Waals surface area contributed by atoms with Crippen LogP contribution in [0, 0.1) is 12.7 Å². The van der Waals surface area contributed by atoms with E-state index in [0.717, 1.165) is 28.2 Å². The van der Waals surface area contributed by atoms with Crippen LogP contribution < -0.4 is 16.0 Å². The highest BCUT2D eigenvalue weighted by Crippen LogP contribution is 2.33. The summed E-state index contributed by atoms with van der Waals surface area (Å²) in [5.74, 6) is 0.523. The summed E-state index contributed by atoms with van der Waals surface area (Å²) in [6, 6.07) is 20.0. The Balaban J connectivity index is 1.39. The Morgan fingerprint density at radius 1 is 0.953 bits per heavy atom. The van der Waals surface area contributed by atoms with Crippen LogP contribution in [0.1, 0.15) is 30.3 Å². The maximum atomic E-state index is 13.7. The monoisotopic (exact) mass is 584 g/mol. The van der Waals surface area contributed by atoms with Gasteiger partial charge in [0.15, 0.2) is 0 Å². The van der Waals surface area contributed by atoms with Gasteiger partial charge in [-0.2, -0.15) is 0 Å². The van der Waals surface area contributed by atoms with Crippen LogP contribution in [0.3, 0.4) is 0 Å². The second-order valence-electron chi connectivity index (χ2n) is 10.4. The molecule has 3 amide bonds. The molecule has 2 heterocycles. The maximum Gasteiger partial charge on any atom is 0.405 e. The summed E-state index contributed by atoms with van der Waals surface area (Å²) in [6.07, 6.45) is -0.810. The largest absolute Gasteiger partial charge is 0.465 e. The van der Waals surface area contributed by atoms with Gasteiger partial charge >= 0.3 is 6.09 Å². The molecule has 43 heavy (non-hydrogen) atoms. The molecule has 3 aromatic carbocycles. The maximum absolute atomic E-state index is 13.7. The Morgan fingerprint density at radius 2 is 1.63 bits per heavy atom. The fourth-order valence-electron chi connectivity index (χ4n) is 5.01. The molecule has 4 aromatic rings. The zero-order valence-electron chi connectivity index (χ0n) is 23.9. The zero-order valence-corrected chi connectivity index (χ0v) is 23.9. The van der Waals surface area contributed by atoms with E-state index in [4.69, 9.17) is 4.98 Å². The van der Waals surface area contributed by atoms with Crippen molar-refractivity contribution in [1.82, 2.24) is 19.8 Å². The molecule has 0 saturated carbocycles. The van der Waals surface area contributed by atoms with Crippen LogP contribution in [0.15, 0.2) is 72.8 Å². The van der Waals surface area contributed by atoms with Crippen LogP contribution in [-0.4, -0.2) is 50.1 Å². The van der Waals surface area contributed by atoms with Crippen molar-refractivity contribution in [2.75, 3.05) is 17.2 Å². The molecule has 10 nitrogen and oxygen atoms in total. The first-order chi connectivity index (χ1) is 20.7. The third-order valence-corrected chi connectivity index (χ3v) is 7.31. The Bertz CT molecular complexity index is 1620. The van der Waals surface area contributed by atoms with Gasteiger partial charge in [0, 0.05) is 42.9 Å². The van der Waals surface area contributed by atoms with E-state index in [1.165, 1.54) is 12.1 Å². The van der Waals surface area contributed by atoms with Crippen LogP contribution in [0.25, 0.3) is 11.3 Å². The van der Waals surface area contributed by atoms with Crippen LogP contribution >= 0.6 is 0 Å². The topological polar surface area (TPSA) is 129 Å². The molecule has 0 saturated heterocycles. The van der Waals surface area contributed by atoms with Crippen molar-refractivity contribution in [2.45, 2.75) is 45.8 Å². The molecule has 0 fully saturated rings. The SMILES string of the molecule is CCC(=O)Nc1ccc(C[C@H](NC(=O)O)C(=O)N2CCn3c(nc(-c4ccc(F)cc4)c3Nc3ccc(C)cc3)C2)cc1. The number of rotatable bonds is 9. The molecule has 1 aliphatic rings. The van der Waals surface area contributed by atoms with E-state index in [1.807, 2.05) is 35.8 Å². The summed E-state index contributed by atoms with van der Waals surface area (Å²) >= 11 is 0. The highest BCUT2D eigenvalue weighted by molar-refractivity contribution is 5.90. The lowest BCUT2D eigenvalue weighted by Crippen LogP contribution is -2.51. The van der Waals surface area contributed by atoms with Crippen molar-refractivity contribution in [1.29, 1.82) is 0 Å². The molecule has 11 heteroatoms. The Morgan fingerprint density at radius 3 is 2.28 bits per heavy atom. The number of hydrogen-bond donors (Lipinski definition) is 4. The van der Waals surface area contributed by atoms with Crippen molar-refractivity contribution >= 4 is 35.1 Å². The number of fused-ring (bicyclic) bond motifs is 1. The van der Waals surface area contributed by atoms with Crippen molar-refractivity contribution < 1.29 is 23.9 Å². The van der Waals surface area contributed by atoms with Crippen LogP contribution in [0.4, 0.5) is 26.4 Å². The third kappa shape index (κ3) is 7.00. The Hall–Kier alpha value is -5.19. The van der Waals surface area contributed by atoms with E-state index in [2.05, 4.69) is 16.0 Å². The summed E-state index contributed by atoms with van der Waals surface area (Å²) < 4.78 is 15.7. The number of halogens is 1. The average Bonchev–Trinajstić information content (AvgIpc) is 3.35. The molecule has 4 N–H and O–H groups in total. The van der Waals surface area contributed by atoms with Gasteiger partial charge in [0.25, 0.3) is 0 Å². The highest BCUT2D eigenvalue weighted by atomic mass is 19.1. The van der Waals surface area contributed by atoms with E-state index in [0.29, 0.717) is 36.7 Å². The Labute approximate surface area is 248 Å². The number of carbonyl (C=O) groups excluding carboxylic acids is 2. The predicted octanol–water partition coefficient (Wildman–Crippen LogP) is 5.31. The first kappa shape index (κ1) is 29.3. The minimum Gasteiger partial charge on any atom is -0.465 e. The van der Waals surface area contributed by atoms with Gasteiger partial charge in [-0.3, -0.25) is 9.59 Å². The number of aryl methyl sites for hydroxylation is 1.